The standard InChI is InChI=1S/C13H27ClO2Si/c1-11(2)9-17(14,10-12(3)4)8-6-5-7-13(15)16/h11-12H,5-10H2,1-4H3,(H,15,16). The van der Waals surface area contributed by atoms with Gasteiger partial charge in [0.05, 0.1) is 0 Å². The van der Waals surface area contributed by atoms with Crippen LogP contribution in [0.1, 0.15) is 47.0 Å². The smallest absolute Gasteiger partial charge is 0.303 e. The number of hydrogen-bond acceptors (Lipinski definition) is 1. The van der Waals surface area contributed by atoms with E-state index >= 15 is 0 Å². The van der Waals surface area contributed by atoms with E-state index in [4.69, 9.17) is 16.2 Å². The molecule has 4 heteroatoms. The SMILES string of the molecule is CC(C)C[Si](Cl)(CCCCC(=O)O)CC(C)C. The molecule has 0 aliphatic carbocycles. The lowest BCUT2D eigenvalue weighted by molar-refractivity contribution is -0.137. The molecule has 0 spiro atoms. The summed E-state index contributed by atoms with van der Waals surface area (Å²) in [5, 5.41) is 8.61. The Bertz CT molecular complexity index is 219. The lowest BCUT2D eigenvalue weighted by atomic mass is 10.2. The normalized spacial score (nSPS) is 12.4. The molecule has 17 heavy (non-hydrogen) atoms. The van der Waals surface area contributed by atoms with Gasteiger partial charge in [-0.3, -0.25) is 4.79 Å². The second kappa shape index (κ2) is 8.14. The summed E-state index contributed by atoms with van der Waals surface area (Å²) in [5.41, 5.74) is 0. The Balaban J connectivity index is 4.13. The van der Waals surface area contributed by atoms with Crippen LogP contribution in [0.3, 0.4) is 0 Å². The summed E-state index contributed by atoms with van der Waals surface area (Å²) in [5.74, 6) is 0.606. The first-order valence-electron chi connectivity index (χ1n) is 6.66. The van der Waals surface area contributed by atoms with Crippen molar-refractivity contribution in [1.29, 1.82) is 0 Å². The predicted octanol–water partition coefficient (Wildman–Crippen LogP) is 4.74. The predicted molar refractivity (Wildman–Crippen MR) is 77.2 cm³/mol. The van der Waals surface area contributed by atoms with Crippen LogP contribution in [0, 0.1) is 11.8 Å². The monoisotopic (exact) mass is 278 g/mol. The molecule has 0 saturated heterocycles. The van der Waals surface area contributed by atoms with Gasteiger partial charge in [-0.15, -0.1) is 0 Å². The quantitative estimate of drug-likeness (QED) is 0.376. The first-order chi connectivity index (χ1) is 7.75. The maximum Gasteiger partial charge on any atom is 0.303 e. The Hall–Kier alpha value is -0.0231. The lowest BCUT2D eigenvalue weighted by Gasteiger charge is -2.28. The molecule has 0 unspecified atom stereocenters. The van der Waals surface area contributed by atoms with Gasteiger partial charge in [0.1, 0.15) is 0 Å². The van der Waals surface area contributed by atoms with Gasteiger partial charge in [-0.25, -0.2) is 0 Å². The van der Waals surface area contributed by atoms with Crippen molar-refractivity contribution in [1.82, 2.24) is 0 Å². The number of carbonyl (C=O) groups is 1. The van der Waals surface area contributed by atoms with Crippen molar-refractivity contribution in [2.24, 2.45) is 11.8 Å². The van der Waals surface area contributed by atoms with Crippen LogP contribution >= 0.6 is 11.1 Å². The number of carboxylic acid groups (broad SMARTS) is 1. The van der Waals surface area contributed by atoms with Gasteiger partial charge in [-0.05, 0) is 36.4 Å². The van der Waals surface area contributed by atoms with Crippen molar-refractivity contribution in [2.45, 2.75) is 65.1 Å². The molecule has 0 fully saturated rings. The minimum atomic E-state index is -1.67. The molecule has 102 valence electrons. The number of carboxylic acids is 1. The maximum absolute atomic E-state index is 10.5. The molecule has 0 aromatic carbocycles. The minimum Gasteiger partial charge on any atom is -0.481 e. The molecule has 0 aromatic rings. The third-order valence-electron chi connectivity index (χ3n) is 2.81. The first-order valence-corrected chi connectivity index (χ1v) is 10.3. The van der Waals surface area contributed by atoms with Crippen molar-refractivity contribution >= 4 is 24.4 Å². The molecule has 0 bridgehead atoms. The first kappa shape index (κ1) is 17.0. The van der Waals surface area contributed by atoms with Crippen LogP contribution in [0.4, 0.5) is 0 Å². The van der Waals surface area contributed by atoms with E-state index in [9.17, 15) is 4.79 Å². The largest absolute Gasteiger partial charge is 0.481 e. The summed E-state index contributed by atoms with van der Waals surface area (Å²) in [6.45, 7) is 8.90. The van der Waals surface area contributed by atoms with Crippen molar-refractivity contribution in [2.75, 3.05) is 0 Å². The van der Waals surface area contributed by atoms with Crippen LogP contribution in [-0.2, 0) is 4.79 Å². The molecule has 0 atom stereocenters. The van der Waals surface area contributed by atoms with Gasteiger partial charge in [-0.1, -0.05) is 34.1 Å². The van der Waals surface area contributed by atoms with Gasteiger partial charge in [0.25, 0.3) is 0 Å². The van der Waals surface area contributed by atoms with Crippen LogP contribution in [0.25, 0.3) is 0 Å². The Morgan fingerprint density at radius 3 is 1.94 bits per heavy atom. The highest BCUT2D eigenvalue weighted by Gasteiger charge is 2.31. The van der Waals surface area contributed by atoms with E-state index in [2.05, 4.69) is 27.7 Å². The van der Waals surface area contributed by atoms with Crippen LogP contribution in [0.15, 0.2) is 0 Å². The molecule has 1 N–H and O–H groups in total. The van der Waals surface area contributed by atoms with E-state index in [0.29, 0.717) is 11.8 Å². The van der Waals surface area contributed by atoms with E-state index in [1.54, 1.807) is 0 Å². The molecule has 0 radical (unpaired) electrons. The molecule has 0 aliphatic heterocycles. The highest BCUT2D eigenvalue weighted by molar-refractivity contribution is 7.20. The van der Waals surface area contributed by atoms with Gasteiger partial charge < -0.3 is 5.11 Å². The zero-order valence-electron chi connectivity index (χ0n) is 11.6. The third kappa shape index (κ3) is 9.66. The summed E-state index contributed by atoms with van der Waals surface area (Å²) in [6.07, 6.45) is 2.03. The molecule has 0 aromatic heterocycles. The fourth-order valence-corrected chi connectivity index (χ4v) is 9.11. The molecule has 0 saturated carbocycles. The summed E-state index contributed by atoms with van der Waals surface area (Å²) in [4.78, 5) is 10.5. The number of hydrogen-bond donors (Lipinski definition) is 1. The van der Waals surface area contributed by atoms with Gasteiger partial charge in [-0.2, -0.15) is 11.1 Å². The summed E-state index contributed by atoms with van der Waals surface area (Å²) < 4.78 is 0. The molecule has 0 amide bonds. The Labute approximate surface area is 111 Å². The van der Waals surface area contributed by atoms with E-state index in [1.165, 1.54) is 0 Å². The van der Waals surface area contributed by atoms with Crippen molar-refractivity contribution < 1.29 is 9.90 Å². The van der Waals surface area contributed by atoms with Crippen LogP contribution in [0.2, 0.25) is 18.1 Å². The number of aliphatic carboxylic acids is 1. The molecule has 0 heterocycles. The summed E-state index contributed by atoms with van der Waals surface area (Å²) in [6, 6.07) is 3.37. The zero-order chi connectivity index (χ0) is 13.5. The van der Waals surface area contributed by atoms with Crippen LogP contribution < -0.4 is 0 Å². The maximum atomic E-state index is 10.5. The van der Waals surface area contributed by atoms with E-state index in [0.717, 1.165) is 31.0 Å². The second-order valence-electron chi connectivity index (χ2n) is 5.95. The van der Waals surface area contributed by atoms with Crippen molar-refractivity contribution in [3.8, 4) is 0 Å². The van der Waals surface area contributed by atoms with Gasteiger partial charge in [0, 0.05) is 6.42 Å². The van der Waals surface area contributed by atoms with Crippen LogP contribution in [0.5, 0.6) is 0 Å². The van der Waals surface area contributed by atoms with Crippen LogP contribution in [-0.4, -0.2) is 18.5 Å². The van der Waals surface area contributed by atoms with E-state index in [-0.39, 0.29) is 6.42 Å². The third-order valence-corrected chi connectivity index (χ3v) is 8.65. The van der Waals surface area contributed by atoms with Crippen molar-refractivity contribution in [3.63, 3.8) is 0 Å². The Morgan fingerprint density at radius 1 is 1.12 bits per heavy atom. The number of unbranched alkanes of at least 4 members (excludes halogenated alkanes) is 1. The highest BCUT2D eigenvalue weighted by atomic mass is 35.6. The van der Waals surface area contributed by atoms with E-state index < -0.39 is 13.4 Å². The molecular formula is C13H27ClO2Si. The average molecular weight is 279 g/mol. The lowest BCUT2D eigenvalue weighted by Crippen LogP contribution is -2.30. The number of halogens is 1. The van der Waals surface area contributed by atoms with Gasteiger partial charge >= 0.3 is 5.97 Å². The zero-order valence-corrected chi connectivity index (χ0v) is 13.4. The van der Waals surface area contributed by atoms with Gasteiger partial charge in [0.2, 0.25) is 0 Å². The van der Waals surface area contributed by atoms with Gasteiger partial charge in [0.15, 0.2) is 7.38 Å². The summed E-state index contributed by atoms with van der Waals surface area (Å²) in [7, 11) is -1.67. The molecule has 2 nitrogen and oxygen atoms in total. The number of rotatable bonds is 9. The topological polar surface area (TPSA) is 37.3 Å². The second-order valence-corrected chi connectivity index (χ2v) is 12.0. The fourth-order valence-electron chi connectivity index (χ4n) is 2.47. The minimum absolute atomic E-state index is 0.282. The van der Waals surface area contributed by atoms with E-state index in [1.807, 2.05) is 0 Å². The molecular weight excluding hydrogens is 252 g/mol. The van der Waals surface area contributed by atoms with Crippen molar-refractivity contribution in [3.05, 3.63) is 0 Å². The summed E-state index contributed by atoms with van der Waals surface area (Å²) >= 11 is 6.84. The highest BCUT2D eigenvalue weighted by Crippen LogP contribution is 2.34. The molecule has 0 rings (SSSR count). The Morgan fingerprint density at radius 2 is 1.59 bits per heavy atom. The Kier molecular flexibility index (Phi) is 8.13. The fraction of sp³-hybridized carbons (Fsp3) is 0.923. The average Bonchev–Trinajstić information content (AvgIpc) is 2.09. The molecule has 0 aliphatic rings.